The minimum Gasteiger partial charge on any atom is -0.444 e. The lowest BCUT2D eigenvalue weighted by molar-refractivity contribution is -0.385. The Labute approximate surface area is 158 Å². The topological polar surface area (TPSA) is 77.6 Å². The van der Waals surface area contributed by atoms with Crippen LogP contribution >= 0.6 is 0 Å². The molecule has 0 fully saturated rings. The van der Waals surface area contributed by atoms with Crippen LogP contribution in [0.5, 0.6) is 0 Å². The number of nitro groups is 1. The minimum absolute atomic E-state index is 0.127. The van der Waals surface area contributed by atoms with Crippen molar-refractivity contribution in [2.45, 2.75) is 39.7 Å². The molecular weight excluding hydrogens is 346 g/mol. The summed E-state index contributed by atoms with van der Waals surface area (Å²) in [5.41, 5.74) is 3.34. The van der Waals surface area contributed by atoms with Gasteiger partial charge >= 0.3 is 6.09 Å². The van der Waals surface area contributed by atoms with E-state index in [9.17, 15) is 14.9 Å². The fourth-order valence-corrected chi connectivity index (χ4v) is 3.50. The van der Waals surface area contributed by atoms with Crippen molar-refractivity contribution >= 4 is 28.3 Å². The van der Waals surface area contributed by atoms with Gasteiger partial charge in [-0.25, -0.2) is 4.79 Å². The summed E-state index contributed by atoms with van der Waals surface area (Å²) in [7, 11) is 1.94. The standard InChI is InChI=1S/C20H25N3O4/c1-13-16(23(25)26)6-7-17-18(13)15(12-21(17)5)14-8-10-22(11-9-14)19(24)27-20(2,3)4/h6-8,12H,9-11H2,1-5H3. The fourth-order valence-electron chi connectivity index (χ4n) is 3.50. The molecule has 7 nitrogen and oxygen atoms in total. The second kappa shape index (κ2) is 6.72. The van der Waals surface area contributed by atoms with Gasteiger partial charge in [0.25, 0.3) is 5.69 Å². The molecule has 0 spiro atoms. The molecule has 0 aliphatic carbocycles. The monoisotopic (exact) mass is 371 g/mol. The number of rotatable bonds is 2. The van der Waals surface area contributed by atoms with Crippen LogP contribution in [0.1, 0.15) is 38.3 Å². The van der Waals surface area contributed by atoms with E-state index in [-0.39, 0.29) is 16.7 Å². The molecule has 0 N–H and O–H groups in total. The first-order chi connectivity index (χ1) is 12.6. The van der Waals surface area contributed by atoms with E-state index in [2.05, 4.69) is 0 Å². The quantitative estimate of drug-likeness (QED) is 0.578. The average molecular weight is 371 g/mol. The molecule has 1 aliphatic heterocycles. The van der Waals surface area contributed by atoms with E-state index in [1.54, 1.807) is 24.0 Å². The van der Waals surface area contributed by atoms with E-state index < -0.39 is 5.60 Å². The fraction of sp³-hybridized carbons (Fsp3) is 0.450. The van der Waals surface area contributed by atoms with Gasteiger partial charge in [-0.05, 0) is 45.8 Å². The zero-order chi connectivity index (χ0) is 19.9. The zero-order valence-corrected chi connectivity index (χ0v) is 16.4. The Bertz CT molecular complexity index is 950. The van der Waals surface area contributed by atoms with Crippen LogP contribution in [0.3, 0.4) is 0 Å². The molecule has 1 aromatic heterocycles. The highest BCUT2D eigenvalue weighted by molar-refractivity contribution is 5.97. The molecule has 1 aliphatic rings. The summed E-state index contributed by atoms with van der Waals surface area (Å²) < 4.78 is 7.42. The van der Waals surface area contributed by atoms with E-state index in [1.807, 2.05) is 44.7 Å². The molecule has 0 radical (unpaired) electrons. The third-order valence-corrected chi connectivity index (χ3v) is 4.79. The Morgan fingerprint density at radius 2 is 2.00 bits per heavy atom. The normalized spacial score (nSPS) is 15.0. The molecule has 144 valence electrons. The van der Waals surface area contributed by atoms with Crippen molar-refractivity contribution in [2.75, 3.05) is 13.1 Å². The number of hydrogen-bond donors (Lipinski definition) is 0. The van der Waals surface area contributed by atoms with Crippen molar-refractivity contribution in [3.8, 4) is 0 Å². The first-order valence-corrected chi connectivity index (χ1v) is 8.99. The molecular formula is C20H25N3O4. The average Bonchev–Trinajstić information content (AvgIpc) is 2.91. The number of aromatic nitrogens is 1. The molecule has 0 saturated carbocycles. The minimum atomic E-state index is -0.521. The maximum absolute atomic E-state index is 12.2. The van der Waals surface area contributed by atoms with Gasteiger partial charge < -0.3 is 14.2 Å². The molecule has 0 bridgehead atoms. The molecule has 7 heteroatoms. The molecule has 0 atom stereocenters. The highest BCUT2D eigenvalue weighted by atomic mass is 16.6. The predicted octanol–water partition coefficient (Wildman–Crippen LogP) is 4.42. The summed E-state index contributed by atoms with van der Waals surface area (Å²) in [5.74, 6) is 0. The van der Waals surface area contributed by atoms with Gasteiger partial charge in [0, 0.05) is 54.4 Å². The van der Waals surface area contributed by atoms with Crippen LogP contribution in [0.25, 0.3) is 16.5 Å². The first-order valence-electron chi connectivity index (χ1n) is 8.99. The van der Waals surface area contributed by atoms with Crippen LogP contribution in [0.15, 0.2) is 24.4 Å². The summed E-state index contributed by atoms with van der Waals surface area (Å²) in [6.07, 6.45) is 4.39. The number of nitro benzene ring substituents is 1. The van der Waals surface area contributed by atoms with Gasteiger partial charge in [-0.3, -0.25) is 10.1 Å². The van der Waals surface area contributed by atoms with Crippen molar-refractivity contribution in [3.05, 3.63) is 45.6 Å². The van der Waals surface area contributed by atoms with Gasteiger partial charge in [-0.2, -0.15) is 0 Å². The molecule has 1 aromatic carbocycles. The zero-order valence-electron chi connectivity index (χ0n) is 16.4. The first kappa shape index (κ1) is 18.9. The number of carbonyl (C=O) groups is 1. The van der Waals surface area contributed by atoms with Crippen LogP contribution in [-0.2, 0) is 11.8 Å². The van der Waals surface area contributed by atoms with Crippen molar-refractivity contribution in [3.63, 3.8) is 0 Å². The Kier molecular flexibility index (Phi) is 4.71. The molecule has 2 heterocycles. The lowest BCUT2D eigenvalue weighted by Gasteiger charge is -2.29. The van der Waals surface area contributed by atoms with E-state index >= 15 is 0 Å². The number of amides is 1. The number of carbonyl (C=O) groups excluding carboxylic acids is 1. The highest BCUT2D eigenvalue weighted by Gasteiger charge is 2.26. The Hall–Kier alpha value is -2.83. The molecule has 1 amide bonds. The summed E-state index contributed by atoms with van der Waals surface area (Å²) in [6, 6.07) is 3.35. The number of hydrogen-bond acceptors (Lipinski definition) is 4. The van der Waals surface area contributed by atoms with Gasteiger partial charge in [-0.15, -0.1) is 0 Å². The second-order valence-corrected chi connectivity index (χ2v) is 7.92. The van der Waals surface area contributed by atoms with Crippen molar-refractivity contribution in [1.29, 1.82) is 0 Å². The van der Waals surface area contributed by atoms with Crippen LogP contribution in [-0.4, -0.2) is 39.2 Å². The van der Waals surface area contributed by atoms with Crippen molar-refractivity contribution < 1.29 is 14.5 Å². The lowest BCUT2D eigenvalue weighted by atomic mass is 9.96. The number of aryl methyl sites for hydroxylation is 2. The van der Waals surface area contributed by atoms with Gasteiger partial charge in [0.1, 0.15) is 5.60 Å². The van der Waals surface area contributed by atoms with E-state index in [0.29, 0.717) is 25.1 Å². The third-order valence-electron chi connectivity index (χ3n) is 4.79. The Morgan fingerprint density at radius 3 is 2.56 bits per heavy atom. The molecule has 0 unspecified atom stereocenters. The lowest BCUT2D eigenvalue weighted by Crippen LogP contribution is -2.39. The van der Waals surface area contributed by atoms with Crippen LogP contribution in [0.2, 0.25) is 0 Å². The Balaban J connectivity index is 1.94. The maximum Gasteiger partial charge on any atom is 0.410 e. The highest BCUT2D eigenvalue weighted by Crippen LogP contribution is 2.36. The van der Waals surface area contributed by atoms with Crippen molar-refractivity contribution in [2.24, 2.45) is 7.05 Å². The summed E-state index contributed by atoms with van der Waals surface area (Å²) in [4.78, 5) is 24.9. The number of benzene rings is 1. The summed E-state index contributed by atoms with van der Waals surface area (Å²) in [6.45, 7) is 8.37. The number of fused-ring (bicyclic) bond motifs is 1. The van der Waals surface area contributed by atoms with Gasteiger partial charge in [0.15, 0.2) is 0 Å². The van der Waals surface area contributed by atoms with Gasteiger partial charge in [0.05, 0.1) is 4.92 Å². The van der Waals surface area contributed by atoms with E-state index in [0.717, 1.165) is 22.0 Å². The maximum atomic E-state index is 12.2. The number of nitrogens with zero attached hydrogens (tertiary/aromatic N) is 3. The van der Waals surface area contributed by atoms with Crippen LogP contribution < -0.4 is 0 Å². The number of ether oxygens (including phenoxy) is 1. The predicted molar refractivity (Wildman–Crippen MR) is 105 cm³/mol. The van der Waals surface area contributed by atoms with E-state index in [1.165, 1.54) is 0 Å². The molecule has 0 saturated heterocycles. The van der Waals surface area contributed by atoms with Crippen LogP contribution in [0.4, 0.5) is 10.5 Å². The Morgan fingerprint density at radius 1 is 1.30 bits per heavy atom. The molecule has 3 rings (SSSR count). The summed E-state index contributed by atoms with van der Waals surface area (Å²) >= 11 is 0. The smallest absolute Gasteiger partial charge is 0.410 e. The molecule has 27 heavy (non-hydrogen) atoms. The summed E-state index contributed by atoms with van der Waals surface area (Å²) in [5, 5.41) is 12.2. The van der Waals surface area contributed by atoms with Crippen molar-refractivity contribution in [1.82, 2.24) is 9.47 Å². The third kappa shape index (κ3) is 3.67. The SMILES string of the molecule is Cc1c([N+](=O)[O-])ccc2c1c(C1=CCN(C(=O)OC(C)(C)C)CC1)cn2C. The van der Waals surface area contributed by atoms with Crippen LogP contribution in [0, 0.1) is 17.0 Å². The van der Waals surface area contributed by atoms with E-state index in [4.69, 9.17) is 4.74 Å². The largest absolute Gasteiger partial charge is 0.444 e. The van der Waals surface area contributed by atoms with Gasteiger partial charge in [-0.1, -0.05) is 6.08 Å². The van der Waals surface area contributed by atoms with Gasteiger partial charge in [0.2, 0.25) is 0 Å². The second-order valence-electron chi connectivity index (χ2n) is 7.92. The molecule has 2 aromatic rings.